The van der Waals surface area contributed by atoms with Gasteiger partial charge in [-0.15, -0.1) is 0 Å². The summed E-state index contributed by atoms with van der Waals surface area (Å²) < 4.78 is 30.3. The van der Waals surface area contributed by atoms with Gasteiger partial charge in [-0.25, -0.2) is 19.2 Å². The quantitative estimate of drug-likeness (QED) is 0.783. The van der Waals surface area contributed by atoms with Gasteiger partial charge < -0.3 is 4.74 Å². The molecule has 8 nitrogen and oxygen atoms in total. The van der Waals surface area contributed by atoms with Crippen molar-refractivity contribution in [2.45, 2.75) is 0 Å². The maximum Gasteiger partial charge on any atom is 0.422 e. The largest absolute Gasteiger partial charge is 0.452 e. The van der Waals surface area contributed by atoms with Crippen molar-refractivity contribution in [2.24, 2.45) is 0 Å². The van der Waals surface area contributed by atoms with Gasteiger partial charge >= 0.3 is 16.3 Å². The molecule has 1 heterocycles. The van der Waals surface area contributed by atoms with Crippen molar-refractivity contribution in [1.29, 1.82) is 5.26 Å². The Balaban J connectivity index is 2.91. The number of nitrogens with one attached hydrogen (secondary N) is 2. The first-order chi connectivity index (χ1) is 7.98. The molecule has 1 aromatic heterocycles. The molecule has 1 rings (SSSR count). The van der Waals surface area contributed by atoms with Gasteiger partial charge in [0.2, 0.25) is 0 Å². The summed E-state index contributed by atoms with van der Waals surface area (Å²) in [5, 5.41) is 8.71. The second-order valence-corrected chi connectivity index (χ2v) is 4.13. The van der Waals surface area contributed by atoms with Gasteiger partial charge in [0.25, 0.3) is 0 Å². The van der Waals surface area contributed by atoms with Gasteiger partial charge in [0.15, 0.2) is 5.82 Å². The van der Waals surface area contributed by atoms with Gasteiger partial charge in [-0.1, -0.05) is 0 Å². The third kappa shape index (κ3) is 3.62. The van der Waals surface area contributed by atoms with E-state index in [1.54, 1.807) is 10.8 Å². The molecule has 0 aliphatic carbocycles. The van der Waals surface area contributed by atoms with E-state index in [9.17, 15) is 13.2 Å². The lowest BCUT2D eigenvalue weighted by atomic mass is 10.3. The summed E-state index contributed by atoms with van der Waals surface area (Å²) in [4.78, 5) is 14.4. The third-order valence-electron chi connectivity index (χ3n) is 1.56. The molecular formula is C8H8N4O4S. The second kappa shape index (κ2) is 5.13. The molecule has 2 N–H and O–H groups in total. The number of pyridine rings is 1. The van der Waals surface area contributed by atoms with E-state index in [0.29, 0.717) is 0 Å². The van der Waals surface area contributed by atoms with E-state index >= 15 is 0 Å². The molecular weight excluding hydrogens is 248 g/mol. The molecule has 0 saturated heterocycles. The van der Waals surface area contributed by atoms with E-state index < -0.39 is 16.3 Å². The Bertz CT molecular complexity index is 563. The molecule has 0 spiro atoms. The fourth-order valence-corrected chi connectivity index (χ4v) is 1.65. The van der Waals surface area contributed by atoms with Crippen LogP contribution < -0.4 is 9.44 Å². The maximum absolute atomic E-state index is 11.4. The average Bonchev–Trinajstić information content (AvgIpc) is 2.28. The molecule has 0 bridgehead atoms. The predicted molar refractivity (Wildman–Crippen MR) is 57.0 cm³/mol. The number of carbonyl (C=O) groups excluding carboxylic acids is 1. The molecule has 1 amide bonds. The van der Waals surface area contributed by atoms with Crippen LogP contribution in [-0.2, 0) is 14.9 Å². The lowest BCUT2D eigenvalue weighted by Crippen LogP contribution is -2.35. The number of anilines is 1. The van der Waals surface area contributed by atoms with E-state index in [0.717, 1.165) is 7.11 Å². The normalized spacial score (nSPS) is 10.1. The van der Waals surface area contributed by atoms with Crippen LogP contribution in [0.3, 0.4) is 0 Å². The number of carbonyl (C=O) groups is 1. The molecule has 0 unspecified atom stereocenters. The number of aromatic nitrogens is 1. The third-order valence-corrected chi connectivity index (χ3v) is 2.46. The number of rotatable bonds is 3. The minimum Gasteiger partial charge on any atom is -0.452 e. The molecule has 0 fully saturated rings. The minimum atomic E-state index is -4.17. The molecule has 0 atom stereocenters. The van der Waals surface area contributed by atoms with Crippen LogP contribution in [-0.4, -0.2) is 26.6 Å². The van der Waals surface area contributed by atoms with E-state index in [4.69, 9.17) is 5.26 Å². The van der Waals surface area contributed by atoms with Crippen molar-refractivity contribution in [2.75, 3.05) is 11.8 Å². The van der Waals surface area contributed by atoms with E-state index in [-0.39, 0.29) is 11.4 Å². The summed E-state index contributed by atoms with van der Waals surface area (Å²) in [5.41, 5.74) is 0.0303. The van der Waals surface area contributed by atoms with Crippen molar-refractivity contribution in [3.63, 3.8) is 0 Å². The first-order valence-corrected chi connectivity index (χ1v) is 5.70. The van der Waals surface area contributed by atoms with Crippen molar-refractivity contribution in [3.05, 3.63) is 23.9 Å². The second-order valence-electron chi connectivity index (χ2n) is 2.71. The number of nitrogens with zero attached hydrogens (tertiary/aromatic N) is 2. The molecule has 1 aromatic rings. The van der Waals surface area contributed by atoms with Crippen molar-refractivity contribution < 1.29 is 17.9 Å². The van der Waals surface area contributed by atoms with Crippen LogP contribution in [0.25, 0.3) is 0 Å². The van der Waals surface area contributed by atoms with Crippen LogP contribution >= 0.6 is 0 Å². The summed E-state index contributed by atoms with van der Waals surface area (Å²) in [6, 6.07) is 4.61. The zero-order valence-electron chi connectivity index (χ0n) is 8.67. The fraction of sp³-hybridized carbons (Fsp3) is 0.125. The first-order valence-electron chi connectivity index (χ1n) is 4.22. The summed E-state index contributed by atoms with van der Waals surface area (Å²) in [7, 11) is -3.15. The molecule has 90 valence electrons. The Hall–Kier alpha value is -2.34. The summed E-state index contributed by atoms with van der Waals surface area (Å²) in [6.45, 7) is 0. The highest BCUT2D eigenvalue weighted by Gasteiger charge is 2.16. The number of nitriles is 1. The summed E-state index contributed by atoms with van der Waals surface area (Å²) in [6.07, 6.45) is 0.156. The Morgan fingerprint density at radius 2 is 2.29 bits per heavy atom. The van der Waals surface area contributed by atoms with Crippen LogP contribution in [0.5, 0.6) is 0 Å². The molecule has 17 heavy (non-hydrogen) atoms. The van der Waals surface area contributed by atoms with E-state index in [2.05, 4.69) is 9.72 Å². The monoisotopic (exact) mass is 256 g/mol. The first kappa shape index (κ1) is 12.7. The Labute approximate surface area is 97.4 Å². The van der Waals surface area contributed by atoms with E-state index in [1.807, 2.05) is 4.72 Å². The summed E-state index contributed by atoms with van der Waals surface area (Å²) >= 11 is 0. The van der Waals surface area contributed by atoms with Gasteiger partial charge in [-0.05, 0) is 12.1 Å². The van der Waals surface area contributed by atoms with Crippen LogP contribution in [0.15, 0.2) is 18.3 Å². The molecule has 0 aliphatic heterocycles. The Kier molecular flexibility index (Phi) is 3.84. The Morgan fingerprint density at radius 1 is 1.59 bits per heavy atom. The standard InChI is InChI=1S/C8H8N4O4S/c1-16-8(13)12-17(14,15)11-7-6(5-9)3-2-4-10-7/h2-4H,1H3,(H,10,11)(H,12,13). The minimum absolute atomic E-state index is 0.0303. The average molecular weight is 256 g/mol. The Morgan fingerprint density at radius 3 is 2.88 bits per heavy atom. The van der Waals surface area contributed by atoms with Crippen molar-refractivity contribution in [1.82, 2.24) is 9.71 Å². The van der Waals surface area contributed by atoms with Crippen molar-refractivity contribution in [3.8, 4) is 6.07 Å². The van der Waals surface area contributed by atoms with Gasteiger partial charge in [-0.2, -0.15) is 13.7 Å². The number of amides is 1. The molecule has 0 radical (unpaired) electrons. The molecule has 0 saturated carbocycles. The summed E-state index contributed by atoms with van der Waals surface area (Å²) in [5.74, 6) is -0.175. The van der Waals surface area contributed by atoms with Crippen LogP contribution in [0.2, 0.25) is 0 Å². The number of ether oxygens (including phenoxy) is 1. The van der Waals surface area contributed by atoms with Gasteiger partial charge in [0.1, 0.15) is 6.07 Å². The highest BCUT2D eigenvalue weighted by molar-refractivity contribution is 7.91. The van der Waals surface area contributed by atoms with E-state index in [1.165, 1.54) is 18.3 Å². The molecule has 0 aromatic carbocycles. The highest BCUT2D eigenvalue weighted by Crippen LogP contribution is 2.10. The lowest BCUT2D eigenvalue weighted by Gasteiger charge is -2.08. The maximum atomic E-state index is 11.4. The number of hydrogen-bond acceptors (Lipinski definition) is 6. The predicted octanol–water partition coefficient (Wildman–Crippen LogP) is -0.0340. The number of methoxy groups -OCH3 is 1. The molecule has 9 heteroatoms. The van der Waals surface area contributed by atoms with Crippen LogP contribution in [0, 0.1) is 11.3 Å². The topological polar surface area (TPSA) is 121 Å². The van der Waals surface area contributed by atoms with Gasteiger partial charge in [0.05, 0.1) is 12.7 Å². The number of hydrogen-bond donors (Lipinski definition) is 2. The zero-order valence-corrected chi connectivity index (χ0v) is 9.48. The molecule has 0 aliphatic rings. The van der Waals surface area contributed by atoms with Gasteiger partial charge in [0, 0.05) is 6.20 Å². The highest BCUT2D eigenvalue weighted by atomic mass is 32.2. The lowest BCUT2D eigenvalue weighted by molar-refractivity contribution is 0.177. The zero-order chi connectivity index (χ0) is 12.9. The van der Waals surface area contributed by atoms with Crippen LogP contribution in [0.4, 0.5) is 10.6 Å². The van der Waals surface area contributed by atoms with Crippen molar-refractivity contribution >= 4 is 22.1 Å². The fourth-order valence-electron chi connectivity index (χ4n) is 0.881. The van der Waals surface area contributed by atoms with Gasteiger partial charge in [-0.3, -0.25) is 0 Å². The SMILES string of the molecule is COC(=O)NS(=O)(=O)Nc1ncccc1C#N. The smallest absolute Gasteiger partial charge is 0.422 e. The van der Waals surface area contributed by atoms with Crippen LogP contribution in [0.1, 0.15) is 5.56 Å².